The monoisotopic (exact) mass is 288 g/mol. The minimum atomic E-state index is -0.399. The van der Waals surface area contributed by atoms with E-state index in [1.165, 1.54) is 7.11 Å². The largest absolute Gasteiger partial charge is 0.465 e. The molecule has 22 heavy (non-hydrogen) atoms. The van der Waals surface area contributed by atoms with Crippen molar-refractivity contribution in [3.05, 3.63) is 71.3 Å². The van der Waals surface area contributed by atoms with E-state index in [2.05, 4.69) is 0 Å². The van der Waals surface area contributed by atoms with E-state index in [0.717, 1.165) is 27.5 Å². The van der Waals surface area contributed by atoms with Crippen molar-refractivity contribution in [2.45, 2.75) is 0 Å². The first kappa shape index (κ1) is 12.8. The van der Waals surface area contributed by atoms with Gasteiger partial charge in [0.2, 0.25) is 0 Å². The van der Waals surface area contributed by atoms with Gasteiger partial charge in [-0.3, -0.25) is 4.79 Å². The predicted octanol–water partition coefficient (Wildman–Crippen LogP) is 3.84. The Morgan fingerprint density at radius 2 is 1.68 bits per heavy atom. The van der Waals surface area contributed by atoms with Crippen LogP contribution in [-0.4, -0.2) is 18.9 Å². The molecular formula is C19H12O3. The summed E-state index contributed by atoms with van der Waals surface area (Å²) >= 11 is 0. The normalized spacial score (nSPS) is 12.1. The minimum absolute atomic E-state index is 0.0122. The van der Waals surface area contributed by atoms with Crippen molar-refractivity contribution >= 4 is 22.5 Å². The summed E-state index contributed by atoms with van der Waals surface area (Å²) in [5, 5.41) is 1.98. The van der Waals surface area contributed by atoms with E-state index in [0.29, 0.717) is 11.1 Å². The number of methoxy groups -OCH3 is 1. The van der Waals surface area contributed by atoms with E-state index in [1.807, 2.05) is 36.4 Å². The van der Waals surface area contributed by atoms with Crippen molar-refractivity contribution in [1.29, 1.82) is 0 Å². The van der Waals surface area contributed by atoms with Crippen molar-refractivity contribution in [1.82, 2.24) is 0 Å². The quantitative estimate of drug-likeness (QED) is 0.500. The SMILES string of the molecule is COC(=O)c1ccc2c(c1)-c1ccc3ccccc3c1C2=O. The molecule has 0 N–H and O–H groups in total. The second kappa shape index (κ2) is 4.53. The van der Waals surface area contributed by atoms with Crippen molar-refractivity contribution in [2.24, 2.45) is 0 Å². The lowest BCUT2D eigenvalue weighted by Crippen LogP contribution is -2.02. The van der Waals surface area contributed by atoms with Gasteiger partial charge >= 0.3 is 5.97 Å². The second-order valence-electron chi connectivity index (χ2n) is 5.29. The molecule has 3 nitrogen and oxygen atoms in total. The van der Waals surface area contributed by atoms with Crippen LogP contribution in [0.4, 0.5) is 0 Å². The maximum Gasteiger partial charge on any atom is 0.337 e. The van der Waals surface area contributed by atoms with Gasteiger partial charge in [0.25, 0.3) is 0 Å². The third-order valence-corrected chi connectivity index (χ3v) is 4.13. The number of ketones is 1. The molecule has 0 radical (unpaired) electrons. The van der Waals surface area contributed by atoms with Crippen LogP contribution >= 0.6 is 0 Å². The molecule has 0 saturated heterocycles. The number of fused-ring (bicyclic) bond motifs is 5. The van der Waals surface area contributed by atoms with E-state index in [-0.39, 0.29) is 5.78 Å². The van der Waals surface area contributed by atoms with Crippen molar-refractivity contribution < 1.29 is 14.3 Å². The van der Waals surface area contributed by atoms with Crippen LogP contribution in [0.3, 0.4) is 0 Å². The number of esters is 1. The maximum absolute atomic E-state index is 12.7. The summed E-state index contributed by atoms with van der Waals surface area (Å²) in [5.74, 6) is -0.386. The maximum atomic E-state index is 12.7. The first-order chi connectivity index (χ1) is 10.7. The highest BCUT2D eigenvalue weighted by Crippen LogP contribution is 2.40. The Bertz CT molecular complexity index is 954. The molecule has 0 bridgehead atoms. The fraction of sp³-hybridized carbons (Fsp3) is 0.0526. The van der Waals surface area contributed by atoms with Crippen molar-refractivity contribution in [2.75, 3.05) is 7.11 Å². The third-order valence-electron chi connectivity index (χ3n) is 4.13. The molecule has 1 aliphatic carbocycles. The molecule has 3 heteroatoms. The number of ether oxygens (including phenoxy) is 1. The molecule has 1 aliphatic rings. The van der Waals surface area contributed by atoms with Gasteiger partial charge in [-0.2, -0.15) is 0 Å². The standard InChI is InChI=1S/C19H12O3/c1-22-19(21)12-7-9-15-16(10-12)14-8-6-11-4-2-3-5-13(11)17(14)18(15)20/h2-10H,1H3. The number of hydrogen-bond donors (Lipinski definition) is 0. The first-order valence-electron chi connectivity index (χ1n) is 7.00. The molecule has 4 rings (SSSR count). The smallest absolute Gasteiger partial charge is 0.337 e. The Labute approximate surface area is 127 Å². The summed E-state index contributed by atoms with van der Waals surface area (Å²) in [6.45, 7) is 0. The van der Waals surface area contributed by atoms with Crippen LogP contribution in [0, 0.1) is 0 Å². The van der Waals surface area contributed by atoms with Gasteiger partial charge in [-0.15, -0.1) is 0 Å². The fourth-order valence-electron chi connectivity index (χ4n) is 3.09. The van der Waals surface area contributed by atoms with Crippen LogP contribution in [0.2, 0.25) is 0 Å². The molecule has 0 heterocycles. The molecule has 0 spiro atoms. The van der Waals surface area contributed by atoms with E-state index in [1.54, 1.807) is 18.2 Å². The van der Waals surface area contributed by atoms with Gasteiger partial charge in [0.05, 0.1) is 12.7 Å². The van der Waals surface area contributed by atoms with Crippen LogP contribution in [0.15, 0.2) is 54.6 Å². The van der Waals surface area contributed by atoms with Crippen LogP contribution in [0.5, 0.6) is 0 Å². The van der Waals surface area contributed by atoms with Gasteiger partial charge < -0.3 is 4.74 Å². The number of benzene rings is 3. The molecule has 0 unspecified atom stereocenters. The zero-order valence-corrected chi connectivity index (χ0v) is 11.9. The molecule has 0 aliphatic heterocycles. The molecular weight excluding hydrogens is 276 g/mol. The van der Waals surface area contributed by atoms with E-state index in [9.17, 15) is 9.59 Å². The molecule has 3 aromatic rings. The zero-order valence-electron chi connectivity index (χ0n) is 11.9. The van der Waals surface area contributed by atoms with Gasteiger partial charge in [0.1, 0.15) is 0 Å². The average Bonchev–Trinajstić information content (AvgIpc) is 2.87. The van der Waals surface area contributed by atoms with Gasteiger partial charge in [-0.25, -0.2) is 4.79 Å². The first-order valence-corrected chi connectivity index (χ1v) is 7.00. The number of rotatable bonds is 1. The predicted molar refractivity (Wildman–Crippen MR) is 84.2 cm³/mol. The Hall–Kier alpha value is -2.94. The summed E-state index contributed by atoms with van der Waals surface area (Å²) in [6, 6.07) is 16.9. The highest BCUT2D eigenvalue weighted by molar-refractivity contribution is 6.27. The Morgan fingerprint density at radius 3 is 2.50 bits per heavy atom. The topological polar surface area (TPSA) is 43.4 Å². The number of carbonyl (C=O) groups is 2. The molecule has 0 fully saturated rings. The summed E-state index contributed by atoms with van der Waals surface area (Å²) in [7, 11) is 1.35. The molecule has 0 atom stereocenters. The van der Waals surface area contributed by atoms with Crippen LogP contribution in [0.1, 0.15) is 26.3 Å². The highest BCUT2D eigenvalue weighted by Gasteiger charge is 2.29. The number of hydrogen-bond acceptors (Lipinski definition) is 3. The van der Waals surface area contributed by atoms with E-state index >= 15 is 0 Å². The average molecular weight is 288 g/mol. The second-order valence-corrected chi connectivity index (χ2v) is 5.29. The summed E-state index contributed by atoms with van der Waals surface area (Å²) in [4.78, 5) is 24.4. The lowest BCUT2D eigenvalue weighted by atomic mass is 9.98. The van der Waals surface area contributed by atoms with Gasteiger partial charge in [-0.05, 0) is 40.1 Å². The van der Waals surface area contributed by atoms with Gasteiger partial charge in [0.15, 0.2) is 5.78 Å². The number of carbonyl (C=O) groups excluding carboxylic acids is 2. The summed E-state index contributed by atoms with van der Waals surface area (Å²) < 4.78 is 4.76. The lowest BCUT2D eigenvalue weighted by molar-refractivity contribution is 0.0600. The Morgan fingerprint density at radius 1 is 0.909 bits per heavy atom. The van der Waals surface area contributed by atoms with E-state index in [4.69, 9.17) is 4.74 Å². The fourth-order valence-corrected chi connectivity index (χ4v) is 3.09. The Balaban J connectivity index is 2.02. The third kappa shape index (κ3) is 1.62. The molecule has 0 aromatic heterocycles. The lowest BCUT2D eigenvalue weighted by Gasteiger charge is -2.05. The molecule has 3 aromatic carbocycles. The molecule has 0 amide bonds. The van der Waals surface area contributed by atoms with E-state index < -0.39 is 5.97 Å². The van der Waals surface area contributed by atoms with Crippen LogP contribution in [-0.2, 0) is 4.74 Å². The van der Waals surface area contributed by atoms with Crippen LogP contribution in [0.25, 0.3) is 21.9 Å². The van der Waals surface area contributed by atoms with Gasteiger partial charge in [-0.1, -0.05) is 36.4 Å². The Kier molecular flexibility index (Phi) is 2.63. The van der Waals surface area contributed by atoms with Crippen LogP contribution < -0.4 is 0 Å². The van der Waals surface area contributed by atoms with Crippen molar-refractivity contribution in [3.63, 3.8) is 0 Å². The highest BCUT2D eigenvalue weighted by atomic mass is 16.5. The zero-order chi connectivity index (χ0) is 15.3. The molecule has 0 saturated carbocycles. The summed E-state index contributed by atoms with van der Waals surface area (Å²) in [5.41, 5.74) is 3.49. The van der Waals surface area contributed by atoms with Gasteiger partial charge in [0, 0.05) is 11.1 Å². The minimum Gasteiger partial charge on any atom is -0.465 e. The van der Waals surface area contributed by atoms with Crippen molar-refractivity contribution in [3.8, 4) is 11.1 Å². The summed E-state index contributed by atoms with van der Waals surface area (Å²) in [6.07, 6.45) is 0. The molecule has 106 valence electrons.